The fourth-order valence-electron chi connectivity index (χ4n) is 3.32. The number of hydrogen-bond acceptors (Lipinski definition) is 8. The van der Waals surface area contributed by atoms with Crippen molar-refractivity contribution in [2.45, 2.75) is 33.1 Å². The van der Waals surface area contributed by atoms with Crippen molar-refractivity contribution in [2.75, 3.05) is 13.2 Å². The van der Waals surface area contributed by atoms with E-state index in [1.165, 1.54) is 42.1 Å². The van der Waals surface area contributed by atoms with Gasteiger partial charge in [-0.3, -0.25) is 14.9 Å². The molecule has 0 unspecified atom stereocenters. The molecule has 0 aromatic heterocycles. The predicted octanol–water partition coefficient (Wildman–Crippen LogP) is 5.26. The maximum Gasteiger partial charge on any atom is 0.343 e. The lowest BCUT2D eigenvalue weighted by Gasteiger charge is -2.11. The summed E-state index contributed by atoms with van der Waals surface area (Å²) in [4.78, 5) is 34.8. The number of amides is 1. The first-order valence-corrected chi connectivity index (χ1v) is 12.1. The van der Waals surface area contributed by atoms with E-state index in [0.29, 0.717) is 29.6 Å². The van der Waals surface area contributed by atoms with Gasteiger partial charge in [-0.1, -0.05) is 26.0 Å². The van der Waals surface area contributed by atoms with Gasteiger partial charge in [0.25, 0.3) is 11.6 Å². The molecule has 1 amide bonds. The summed E-state index contributed by atoms with van der Waals surface area (Å²) in [5.41, 5.74) is 4.23. The zero-order chi connectivity index (χ0) is 27.5. The lowest BCUT2D eigenvalue weighted by atomic mass is 9.99. The monoisotopic (exact) mass is 519 g/mol. The molecule has 0 aliphatic rings. The number of nitrogens with zero attached hydrogens (tertiary/aromatic N) is 2. The Balaban J connectivity index is 1.56. The van der Waals surface area contributed by atoms with Gasteiger partial charge in [0.2, 0.25) is 0 Å². The number of carbonyl (C=O) groups is 2. The Kier molecular flexibility index (Phi) is 9.93. The van der Waals surface area contributed by atoms with E-state index in [1.807, 2.05) is 24.3 Å². The predicted molar refractivity (Wildman–Crippen MR) is 142 cm³/mol. The van der Waals surface area contributed by atoms with Crippen molar-refractivity contribution in [1.82, 2.24) is 5.43 Å². The minimum atomic E-state index is -0.691. The SMILES string of the molecule is CCOc1cc(/C=N\NC(=O)COc2ccc([C@@H](C)CC)cc2)ccc1OC(=O)c1ccc([N+](=O)[O-])cc1. The molecule has 0 spiro atoms. The van der Waals surface area contributed by atoms with Crippen LogP contribution in [-0.2, 0) is 4.79 Å². The summed E-state index contributed by atoms with van der Waals surface area (Å²) in [5, 5.41) is 14.7. The van der Waals surface area contributed by atoms with Gasteiger partial charge >= 0.3 is 5.97 Å². The van der Waals surface area contributed by atoms with Gasteiger partial charge in [0.1, 0.15) is 5.75 Å². The second kappa shape index (κ2) is 13.5. The average molecular weight is 520 g/mol. The molecule has 0 saturated heterocycles. The zero-order valence-electron chi connectivity index (χ0n) is 21.4. The van der Waals surface area contributed by atoms with Crippen LogP contribution in [-0.4, -0.2) is 36.2 Å². The number of esters is 1. The third-order valence-corrected chi connectivity index (χ3v) is 5.62. The number of nitro benzene ring substituents is 1. The standard InChI is InChI=1S/C28H29N3O7/c1-4-19(3)21-9-13-24(14-10-21)37-18-27(32)30-29-17-20-6-15-25(26(16-20)36-5-2)38-28(33)22-7-11-23(12-8-22)31(34)35/h6-17,19H,4-5,18H2,1-3H3,(H,30,32)/b29-17-/t19-/m0/s1. The first kappa shape index (κ1) is 27.9. The number of carbonyl (C=O) groups excluding carboxylic acids is 2. The number of nitro groups is 1. The molecule has 198 valence electrons. The van der Waals surface area contributed by atoms with Crippen molar-refractivity contribution in [1.29, 1.82) is 0 Å². The fraction of sp³-hybridized carbons (Fsp3) is 0.250. The van der Waals surface area contributed by atoms with Gasteiger partial charge in [-0.25, -0.2) is 10.2 Å². The molecule has 0 radical (unpaired) electrons. The van der Waals surface area contributed by atoms with Crippen molar-refractivity contribution in [2.24, 2.45) is 5.10 Å². The van der Waals surface area contributed by atoms with Gasteiger partial charge in [-0.05, 0) is 72.9 Å². The Hall–Kier alpha value is -4.73. The molecular weight excluding hydrogens is 490 g/mol. The van der Waals surface area contributed by atoms with Gasteiger partial charge in [-0.15, -0.1) is 0 Å². The maximum atomic E-state index is 12.5. The fourth-order valence-corrected chi connectivity index (χ4v) is 3.32. The molecule has 10 nitrogen and oxygen atoms in total. The number of nitrogens with one attached hydrogen (secondary N) is 1. The molecule has 0 aliphatic carbocycles. The number of rotatable bonds is 12. The third-order valence-electron chi connectivity index (χ3n) is 5.62. The molecule has 0 aliphatic heterocycles. The van der Waals surface area contributed by atoms with Crippen LogP contribution in [0.2, 0.25) is 0 Å². The first-order chi connectivity index (χ1) is 18.3. The van der Waals surface area contributed by atoms with Crippen molar-refractivity contribution in [3.05, 3.63) is 93.5 Å². The minimum absolute atomic E-state index is 0.130. The Morgan fingerprint density at radius 2 is 1.71 bits per heavy atom. The Morgan fingerprint density at radius 1 is 1.00 bits per heavy atom. The summed E-state index contributed by atoms with van der Waals surface area (Å²) >= 11 is 0. The Bertz CT molecular complexity index is 1290. The summed E-state index contributed by atoms with van der Waals surface area (Å²) in [5.74, 6) is 0.402. The van der Waals surface area contributed by atoms with Crippen LogP contribution in [0.3, 0.4) is 0 Å². The summed E-state index contributed by atoms with van der Waals surface area (Å²) in [6.07, 6.45) is 2.46. The van der Waals surface area contributed by atoms with Crippen LogP contribution in [0.15, 0.2) is 71.8 Å². The molecule has 3 rings (SSSR count). The van der Waals surface area contributed by atoms with Gasteiger partial charge in [0.15, 0.2) is 18.1 Å². The van der Waals surface area contributed by atoms with Crippen molar-refractivity contribution >= 4 is 23.8 Å². The summed E-state index contributed by atoms with van der Waals surface area (Å²) in [7, 11) is 0. The van der Waals surface area contributed by atoms with Crippen molar-refractivity contribution < 1.29 is 28.7 Å². The van der Waals surface area contributed by atoms with E-state index in [4.69, 9.17) is 14.2 Å². The number of ether oxygens (including phenoxy) is 3. The van der Waals surface area contributed by atoms with Crippen LogP contribution in [0.4, 0.5) is 5.69 Å². The number of hydrazone groups is 1. The molecule has 1 N–H and O–H groups in total. The maximum absolute atomic E-state index is 12.5. The smallest absolute Gasteiger partial charge is 0.343 e. The third kappa shape index (κ3) is 7.89. The number of non-ortho nitro benzene ring substituents is 1. The topological polar surface area (TPSA) is 129 Å². The summed E-state index contributed by atoms with van der Waals surface area (Å²) < 4.78 is 16.5. The molecule has 38 heavy (non-hydrogen) atoms. The second-order valence-electron chi connectivity index (χ2n) is 8.29. The quantitative estimate of drug-likeness (QED) is 0.114. The highest BCUT2D eigenvalue weighted by Crippen LogP contribution is 2.29. The number of hydrogen-bond donors (Lipinski definition) is 1. The van der Waals surface area contributed by atoms with Crippen LogP contribution in [0, 0.1) is 10.1 Å². The van der Waals surface area contributed by atoms with Crippen LogP contribution < -0.4 is 19.6 Å². The van der Waals surface area contributed by atoms with Crippen LogP contribution in [0.5, 0.6) is 17.2 Å². The van der Waals surface area contributed by atoms with E-state index >= 15 is 0 Å². The zero-order valence-corrected chi connectivity index (χ0v) is 21.4. The lowest BCUT2D eigenvalue weighted by molar-refractivity contribution is -0.384. The van der Waals surface area contributed by atoms with Gasteiger partial charge in [0.05, 0.1) is 23.3 Å². The van der Waals surface area contributed by atoms with Crippen LogP contribution >= 0.6 is 0 Å². The van der Waals surface area contributed by atoms with E-state index in [2.05, 4.69) is 24.4 Å². The second-order valence-corrected chi connectivity index (χ2v) is 8.29. The molecule has 3 aromatic carbocycles. The van der Waals surface area contributed by atoms with Crippen molar-refractivity contribution in [3.8, 4) is 17.2 Å². The molecule has 10 heteroatoms. The van der Waals surface area contributed by atoms with E-state index in [1.54, 1.807) is 19.1 Å². The molecular formula is C28H29N3O7. The summed E-state index contributed by atoms with van der Waals surface area (Å²) in [6, 6.07) is 17.5. The molecule has 0 heterocycles. The van der Waals surface area contributed by atoms with Crippen LogP contribution in [0.25, 0.3) is 0 Å². The highest BCUT2D eigenvalue weighted by molar-refractivity contribution is 5.92. The Morgan fingerprint density at radius 3 is 2.34 bits per heavy atom. The van der Waals surface area contributed by atoms with Crippen molar-refractivity contribution in [3.63, 3.8) is 0 Å². The molecule has 0 fully saturated rings. The molecule has 3 aromatic rings. The van der Waals surface area contributed by atoms with E-state index < -0.39 is 16.8 Å². The molecule has 0 saturated carbocycles. The van der Waals surface area contributed by atoms with Gasteiger partial charge in [-0.2, -0.15) is 5.10 Å². The van der Waals surface area contributed by atoms with E-state index in [9.17, 15) is 19.7 Å². The number of benzene rings is 3. The Labute approximate surface area is 220 Å². The lowest BCUT2D eigenvalue weighted by Crippen LogP contribution is -2.24. The van der Waals surface area contributed by atoms with E-state index in [0.717, 1.165) is 6.42 Å². The average Bonchev–Trinajstić information content (AvgIpc) is 2.93. The molecule has 0 bridgehead atoms. The van der Waals surface area contributed by atoms with E-state index in [-0.39, 0.29) is 23.6 Å². The largest absolute Gasteiger partial charge is 0.490 e. The first-order valence-electron chi connectivity index (χ1n) is 12.1. The van der Waals surface area contributed by atoms with Gasteiger partial charge in [0, 0.05) is 12.1 Å². The summed E-state index contributed by atoms with van der Waals surface area (Å²) in [6.45, 7) is 6.18. The molecule has 1 atom stereocenters. The van der Waals surface area contributed by atoms with Gasteiger partial charge < -0.3 is 14.2 Å². The van der Waals surface area contributed by atoms with Crippen LogP contribution in [0.1, 0.15) is 54.6 Å². The minimum Gasteiger partial charge on any atom is -0.490 e. The highest BCUT2D eigenvalue weighted by Gasteiger charge is 2.15. The highest BCUT2D eigenvalue weighted by atomic mass is 16.6. The normalized spacial score (nSPS) is 11.6.